The second-order valence-corrected chi connectivity index (χ2v) is 5.53. The average Bonchev–Trinajstić information content (AvgIpc) is 2.62. The molecule has 0 fully saturated rings. The fourth-order valence-electron chi connectivity index (χ4n) is 2.42. The topological polar surface area (TPSA) is 26.3 Å². The van der Waals surface area contributed by atoms with Crippen LogP contribution in [0.2, 0.25) is 5.02 Å². The average molecular weight is 323 g/mol. The minimum atomic E-state index is 0.0184. The molecule has 0 saturated carbocycles. The highest BCUT2D eigenvalue weighted by molar-refractivity contribution is 6.32. The van der Waals surface area contributed by atoms with E-state index in [0.717, 1.165) is 11.1 Å². The summed E-state index contributed by atoms with van der Waals surface area (Å²) in [6.45, 7) is 0. The van der Waals surface area contributed by atoms with E-state index in [0.29, 0.717) is 21.9 Å². The Labute approximate surface area is 140 Å². The van der Waals surface area contributed by atoms with E-state index in [-0.39, 0.29) is 5.78 Å². The van der Waals surface area contributed by atoms with Gasteiger partial charge in [-0.3, -0.25) is 4.79 Å². The Morgan fingerprint density at radius 1 is 0.826 bits per heavy atom. The summed E-state index contributed by atoms with van der Waals surface area (Å²) < 4.78 is 5.16. The minimum Gasteiger partial charge on any atom is -0.495 e. The monoisotopic (exact) mass is 322 g/mol. The normalized spacial score (nSPS) is 10.3. The van der Waals surface area contributed by atoms with Crippen molar-refractivity contribution in [2.75, 3.05) is 7.11 Å². The van der Waals surface area contributed by atoms with Crippen LogP contribution < -0.4 is 4.74 Å². The molecule has 3 aromatic rings. The highest BCUT2D eigenvalue weighted by Gasteiger charge is 2.09. The summed E-state index contributed by atoms with van der Waals surface area (Å²) in [4.78, 5) is 12.4. The van der Waals surface area contributed by atoms with E-state index in [1.807, 2.05) is 72.8 Å². The maximum absolute atomic E-state index is 12.4. The Balaban J connectivity index is 1.88. The molecule has 0 saturated heterocycles. The first-order valence-corrected chi connectivity index (χ1v) is 7.60. The molecule has 0 aliphatic rings. The van der Waals surface area contributed by atoms with E-state index in [9.17, 15) is 4.79 Å². The van der Waals surface area contributed by atoms with E-state index >= 15 is 0 Å². The Morgan fingerprint density at radius 3 is 2.04 bits per heavy atom. The van der Waals surface area contributed by atoms with Crippen LogP contribution in [0.3, 0.4) is 0 Å². The predicted octanol–water partition coefficient (Wildman–Crippen LogP) is 5.25. The molecule has 23 heavy (non-hydrogen) atoms. The Bertz CT molecular complexity index is 824. The van der Waals surface area contributed by atoms with Crippen molar-refractivity contribution >= 4 is 17.4 Å². The summed E-state index contributed by atoms with van der Waals surface area (Å²) in [7, 11) is 1.59. The number of carbonyl (C=O) groups is 1. The lowest BCUT2D eigenvalue weighted by Gasteiger charge is -2.07. The fourth-order valence-corrected chi connectivity index (χ4v) is 2.67. The van der Waals surface area contributed by atoms with Crippen LogP contribution in [0.4, 0.5) is 0 Å². The molecule has 0 bridgehead atoms. The Morgan fingerprint density at radius 2 is 1.43 bits per heavy atom. The van der Waals surface area contributed by atoms with E-state index in [2.05, 4.69) is 0 Å². The van der Waals surface area contributed by atoms with Gasteiger partial charge >= 0.3 is 0 Å². The van der Waals surface area contributed by atoms with Gasteiger partial charge in [0, 0.05) is 11.1 Å². The smallest absolute Gasteiger partial charge is 0.193 e. The quantitative estimate of drug-likeness (QED) is 0.613. The first-order valence-electron chi connectivity index (χ1n) is 7.23. The third-order valence-electron chi connectivity index (χ3n) is 3.67. The summed E-state index contributed by atoms with van der Waals surface area (Å²) >= 11 is 6.16. The molecule has 3 heteroatoms. The molecule has 3 rings (SSSR count). The lowest BCUT2D eigenvalue weighted by molar-refractivity contribution is 0.103. The number of hydrogen-bond acceptors (Lipinski definition) is 2. The van der Waals surface area contributed by atoms with Crippen LogP contribution in [0, 0.1) is 0 Å². The third kappa shape index (κ3) is 3.27. The molecule has 114 valence electrons. The lowest BCUT2D eigenvalue weighted by atomic mass is 9.99. The van der Waals surface area contributed by atoms with Gasteiger partial charge in [0.25, 0.3) is 0 Å². The second kappa shape index (κ2) is 6.67. The zero-order valence-electron chi connectivity index (χ0n) is 12.6. The highest BCUT2D eigenvalue weighted by Crippen LogP contribution is 2.30. The van der Waals surface area contributed by atoms with Crippen molar-refractivity contribution in [1.82, 2.24) is 0 Å². The number of halogens is 1. The fraction of sp³-hybridized carbons (Fsp3) is 0.0500. The number of hydrogen-bond donors (Lipinski definition) is 0. The van der Waals surface area contributed by atoms with Gasteiger partial charge < -0.3 is 4.74 Å². The van der Waals surface area contributed by atoms with Gasteiger partial charge in [-0.2, -0.15) is 0 Å². The van der Waals surface area contributed by atoms with Gasteiger partial charge in [0.2, 0.25) is 0 Å². The molecule has 0 aliphatic carbocycles. The van der Waals surface area contributed by atoms with Gasteiger partial charge in [0.15, 0.2) is 5.78 Å². The van der Waals surface area contributed by atoms with Gasteiger partial charge in [-0.25, -0.2) is 0 Å². The van der Waals surface area contributed by atoms with Crippen molar-refractivity contribution < 1.29 is 9.53 Å². The van der Waals surface area contributed by atoms with Gasteiger partial charge in [0.1, 0.15) is 5.75 Å². The summed E-state index contributed by atoms with van der Waals surface area (Å²) in [6.07, 6.45) is 0. The first-order chi connectivity index (χ1) is 11.2. The molecule has 0 amide bonds. The van der Waals surface area contributed by atoms with Crippen molar-refractivity contribution in [2.24, 2.45) is 0 Å². The molecule has 0 atom stereocenters. The predicted molar refractivity (Wildman–Crippen MR) is 93.3 cm³/mol. The van der Waals surface area contributed by atoms with E-state index in [1.165, 1.54) is 0 Å². The zero-order valence-corrected chi connectivity index (χ0v) is 13.4. The van der Waals surface area contributed by atoms with Crippen molar-refractivity contribution in [2.45, 2.75) is 0 Å². The maximum atomic E-state index is 12.4. The number of ether oxygens (including phenoxy) is 1. The number of methoxy groups -OCH3 is 1. The molecule has 0 aliphatic heterocycles. The summed E-state index contributed by atoms with van der Waals surface area (Å²) in [5.41, 5.74) is 3.33. The lowest BCUT2D eigenvalue weighted by Crippen LogP contribution is -2.00. The SMILES string of the molecule is COc1ccc(-c2ccc(C(=O)c3ccccc3)cc2)cc1Cl. The molecule has 0 N–H and O–H groups in total. The van der Waals surface area contributed by atoms with Gasteiger partial charge in [-0.15, -0.1) is 0 Å². The summed E-state index contributed by atoms with van der Waals surface area (Å²) in [6, 6.07) is 22.4. The molecule has 3 aromatic carbocycles. The summed E-state index contributed by atoms with van der Waals surface area (Å²) in [5.74, 6) is 0.663. The number of ketones is 1. The van der Waals surface area contributed by atoms with Crippen molar-refractivity contribution in [3.05, 3.63) is 88.9 Å². The van der Waals surface area contributed by atoms with Crippen LogP contribution in [0.1, 0.15) is 15.9 Å². The standard InChI is InChI=1S/C20H15ClO2/c1-23-19-12-11-17(13-18(19)21)14-7-9-16(10-8-14)20(22)15-5-3-2-4-6-15/h2-13H,1H3. The minimum absolute atomic E-state index is 0.0184. The van der Waals surface area contributed by atoms with Crippen LogP contribution in [0.5, 0.6) is 5.75 Å². The van der Waals surface area contributed by atoms with E-state index in [4.69, 9.17) is 16.3 Å². The highest BCUT2D eigenvalue weighted by atomic mass is 35.5. The largest absolute Gasteiger partial charge is 0.495 e. The first kappa shape index (κ1) is 15.3. The molecular formula is C20H15ClO2. The number of benzene rings is 3. The molecule has 0 radical (unpaired) electrons. The molecule has 0 heterocycles. The second-order valence-electron chi connectivity index (χ2n) is 5.12. The van der Waals surface area contributed by atoms with Crippen LogP contribution in [-0.4, -0.2) is 12.9 Å². The Kier molecular flexibility index (Phi) is 4.45. The van der Waals surface area contributed by atoms with Crippen molar-refractivity contribution in [1.29, 1.82) is 0 Å². The summed E-state index contributed by atoms with van der Waals surface area (Å²) in [5, 5.41) is 0.564. The van der Waals surface area contributed by atoms with Crippen LogP contribution in [-0.2, 0) is 0 Å². The van der Waals surface area contributed by atoms with Gasteiger partial charge in [0.05, 0.1) is 12.1 Å². The van der Waals surface area contributed by atoms with E-state index < -0.39 is 0 Å². The molecule has 0 unspecified atom stereocenters. The number of carbonyl (C=O) groups excluding carboxylic acids is 1. The molecule has 0 spiro atoms. The van der Waals surface area contributed by atoms with Crippen LogP contribution >= 0.6 is 11.6 Å². The van der Waals surface area contributed by atoms with Gasteiger partial charge in [-0.05, 0) is 23.3 Å². The van der Waals surface area contributed by atoms with Crippen molar-refractivity contribution in [3.63, 3.8) is 0 Å². The van der Waals surface area contributed by atoms with E-state index in [1.54, 1.807) is 7.11 Å². The van der Waals surface area contributed by atoms with Gasteiger partial charge in [-0.1, -0.05) is 72.3 Å². The molecule has 0 aromatic heterocycles. The van der Waals surface area contributed by atoms with Crippen LogP contribution in [0.25, 0.3) is 11.1 Å². The number of rotatable bonds is 4. The Hall–Kier alpha value is -2.58. The third-order valence-corrected chi connectivity index (χ3v) is 3.96. The zero-order chi connectivity index (χ0) is 16.2. The van der Waals surface area contributed by atoms with Crippen molar-refractivity contribution in [3.8, 4) is 16.9 Å². The van der Waals surface area contributed by atoms with Crippen LogP contribution in [0.15, 0.2) is 72.8 Å². The molecular weight excluding hydrogens is 308 g/mol. The maximum Gasteiger partial charge on any atom is 0.193 e. The molecule has 2 nitrogen and oxygen atoms in total.